The van der Waals surface area contributed by atoms with Gasteiger partial charge in [-0.05, 0) is 19.3 Å². The monoisotopic (exact) mass is 338 g/mol. The van der Waals surface area contributed by atoms with Gasteiger partial charge in [0.1, 0.15) is 0 Å². The summed E-state index contributed by atoms with van der Waals surface area (Å²) in [4.78, 5) is 25.0. The second-order valence-electron chi connectivity index (χ2n) is 6.07. The minimum absolute atomic E-state index is 0.274. The highest BCUT2D eigenvalue weighted by Gasteiger charge is 2.39. The van der Waals surface area contributed by atoms with Crippen LogP contribution in [0.1, 0.15) is 44.9 Å². The third-order valence-electron chi connectivity index (χ3n) is 4.62. The lowest BCUT2D eigenvalue weighted by molar-refractivity contribution is -0.143. The molecule has 0 N–H and O–H groups in total. The summed E-state index contributed by atoms with van der Waals surface area (Å²) in [6, 6.07) is 0. The molecule has 2 bridgehead atoms. The highest BCUT2D eigenvalue weighted by molar-refractivity contribution is 6.04. The van der Waals surface area contributed by atoms with Crippen molar-refractivity contribution in [1.29, 1.82) is 0 Å². The van der Waals surface area contributed by atoms with Crippen LogP contribution >= 0.6 is 0 Å². The number of hydrogen-bond donors (Lipinski definition) is 0. The van der Waals surface area contributed by atoms with E-state index in [1.807, 2.05) is 0 Å². The zero-order valence-corrected chi connectivity index (χ0v) is 14.6. The SMILES string of the molecule is COC(=O)C1=C(C(=O)OC)C2CCCCCCCC1=COC2OC. The summed E-state index contributed by atoms with van der Waals surface area (Å²) < 4.78 is 21.1. The van der Waals surface area contributed by atoms with Crippen molar-refractivity contribution < 1.29 is 28.5 Å². The smallest absolute Gasteiger partial charge is 0.338 e. The molecule has 0 spiro atoms. The van der Waals surface area contributed by atoms with Crippen LogP contribution in [0.4, 0.5) is 0 Å². The molecule has 134 valence electrons. The lowest BCUT2D eigenvalue weighted by Crippen LogP contribution is -2.30. The van der Waals surface area contributed by atoms with E-state index in [1.165, 1.54) is 21.3 Å². The molecule has 0 saturated heterocycles. The summed E-state index contributed by atoms with van der Waals surface area (Å²) in [5.41, 5.74) is 1.26. The summed E-state index contributed by atoms with van der Waals surface area (Å²) in [6.45, 7) is 0. The molecule has 2 atom stereocenters. The Morgan fingerprint density at radius 2 is 1.67 bits per heavy atom. The molecule has 6 heteroatoms. The first-order valence-electron chi connectivity index (χ1n) is 8.42. The van der Waals surface area contributed by atoms with Crippen LogP contribution < -0.4 is 0 Å². The van der Waals surface area contributed by atoms with Gasteiger partial charge < -0.3 is 18.9 Å². The Kier molecular flexibility index (Phi) is 6.85. The zero-order valence-electron chi connectivity index (χ0n) is 14.6. The minimum Gasteiger partial charge on any atom is -0.472 e. The molecule has 0 aromatic rings. The molecule has 24 heavy (non-hydrogen) atoms. The van der Waals surface area contributed by atoms with Gasteiger partial charge in [-0.1, -0.05) is 25.7 Å². The van der Waals surface area contributed by atoms with Crippen molar-refractivity contribution in [2.45, 2.75) is 51.2 Å². The van der Waals surface area contributed by atoms with Gasteiger partial charge in [0.05, 0.1) is 37.5 Å². The molecule has 1 aliphatic carbocycles. The number of methoxy groups -OCH3 is 3. The van der Waals surface area contributed by atoms with Gasteiger partial charge in [0.25, 0.3) is 0 Å². The normalized spacial score (nSPS) is 25.0. The number of hydrogen-bond acceptors (Lipinski definition) is 6. The number of carbonyl (C=O) groups is 2. The van der Waals surface area contributed by atoms with Crippen molar-refractivity contribution in [3.8, 4) is 0 Å². The molecule has 6 nitrogen and oxygen atoms in total. The standard InChI is InChI=1S/C18H26O6/c1-21-16(19)14-12-9-7-5-4-6-8-10-13(15(14)17(20)22-2)18(23-3)24-11-12/h11,13,18H,4-10H2,1-3H3. The van der Waals surface area contributed by atoms with E-state index in [2.05, 4.69) is 0 Å². The Balaban J connectivity index is 2.62. The molecule has 0 amide bonds. The molecule has 2 unspecified atom stereocenters. The zero-order chi connectivity index (χ0) is 17.5. The molecule has 0 aromatic carbocycles. The van der Waals surface area contributed by atoms with E-state index in [4.69, 9.17) is 18.9 Å². The van der Waals surface area contributed by atoms with Crippen molar-refractivity contribution in [2.24, 2.45) is 5.92 Å². The van der Waals surface area contributed by atoms with Crippen molar-refractivity contribution in [2.75, 3.05) is 21.3 Å². The summed E-state index contributed by atoms with van der Waals surface area (Å²) in [5.74, 6) is -1.44. The lowest BCUT2D eigenvalue weighted by Gasteiger charge is -2.25. The third kappa shape index (κ3) is 3.98. The van der Waals surface area contributed by atoms with Crippen LogP contribution in [-0.2, 0) is 28.5 Å². The van der Waals surface area contributed by atoms with Gasteiger partial charge in [0, 0.05) is 12.7 Å². The predicted molar refractivity (Wildman–Crippen MR) is 86.8 cm³/mol. The molecule has 1 aliphatic heterocycles. The largest absolute Gasteiger partial charge is 0.472 e. The molecule has 0 fully saturated rings. The molecule has 1 heterocycles. The lowest BCUT2D eigenvalue weighted by atomic mass is 9.86. The molecule has 2 rings (SSSR count). The van der Waals surface area contributed by atoms with Crippen LogP contribution in [0.25, 0.3) is 0 Å². The number of fused-ring (bicyclic) bond motifs is 2. The molecule has 0 radical (unpaired) electrons. The molecular formula is C18H26O6. The van der Waals surface area contributed by atoms with Gasteiger partial charge in [0.15, 0.2) is 0 Å². The van der Waals surface area contributed by atoms with Gasteiger partial charge in [-0.2, -0.15) is 0 Å². The van der Waals surface area contributed by atoms with Crippen LogP contribution in [0.5, 0.6) is 0 Å². The van der Waals surface area contributed by atoms with Crippen LogP contribution in [0.15, 0.2) is 23.0 Å². The summed E-state index contributed by atoms with van der Waals surface area (Å²) >= 11 is 0. The second-order valence-corrected chi connectivity index (χ2v) is 6.07. The quantitative estimate of drug-likeness (QED) is 0.737. The van der Waals surface area contributed by atoms with E-state index in [1.54, 1.807) is 6.26 Å². The maximum Gasteiger partial charge on any atom is 0.338 e. The van der Waals surface area contributed by atoms with Gasteiger partial charge in [-0.15, -0.1) is 0 Å². The molecule has 0 aromatic heterocycles. The first-order chi connectivity index (χ1) is 11.6. The Labute approximate surface area is 142 Å². The molecular weight excluding hydrogens is 312 g/mol. The fourth-order valence-corrected chi connectivity index (χ4v) is 3.40. The fourth-order valence-electron chi connectivity index (χ4n) is 3.40. The second kappa shape index (κ2) is 8.87. The van der Waals surface area contributed by atoms with Crippen LogP contribution in [0.3, 0.4) is 0 Å². The van der Waals surface area contributed by atoms with E-state index in [-0.39, 0.29) is 11.5 Å². The van der Waals surface area contributed by atoms with Crippen molar-refractivity contribution in [3.63, 3.8) is 0 Å². The first kappa shape index (κ1) is 18.5. The Hall–Kier alpha value is -1.82. The number of carbonyl (C=O) groups excluding carboxylic acids is 2. The maximum absolute atomic E-state index is 12.5. The number of esters is 2. The van der Waals surface area contributed by atoms with E-state index in [0.717, 1.165) is 32.1 Å². The van der Waals surface area contributed by atoms with Crippen LogP contribution in [0.2, 0.25) is 0 Å². The highest BCUT2D eigenvalue weighted by atomic mass is 16.7. The van der Waals surface area contributed by atoms with E-state index >= 15 is 0 Å². The van der Waals surface area contributed by atoms with Gasteiger partial charge >= 0.3 is 11.9 Å². The van der Waals surface area contributed by atoms with E-state index < -0.39 is 18.2 Å². The van der Waals surface area contributed by atoms with E-state index in [9.17, 15) is 9.59 Å². The fraction of sp³-hybridized carbons (Fsp3) is 0.667. The van der Waals surface area contributed by atoms with Crippen molar-refractivity contribution in [3.05, 3.63) is 23.0 Å². The minimum atomic E-state index is -0.629. The Bertz CT molecular complexity index is 534. The Morgan fingerprint density at radius 1 is 1.00 bits per heavy atom. The Morgan fingerprint density at radius 3 is 2.33 bits per heavy atom. The summed E-state index contributed by atoms with van der Waals surface area (Å²) in [6.07, 6.45) is 7.40. The summed E-state index contributed by atoms with van der Waals surface area (Å²) in [7, 11) is 4.17. The highest BCUT2D eigenvalue weighted by Crippen LogP contribution is 2.37. The van der Waals surface area contributed by atoms with Gasteiger partial charge in [-0.25, -0.2) is 9.59 Å². The molecule has 2 aliphatic rings. The summed E-state index contributed by atoms with van der Waals surface area (Å²) in [5, 5.41) is 0. The van der Waals surface area contributed by atoms with Crippen LogP contribution in [-0.4, -0.2) is 39.6 Å². The number of rotatable bonds is 3. The molecule has 0 saturated carbocycles. The van der Waals surface area contributed by atoms with Crippen LogP contribution in [0, 0.1) is 5.92 Å². The average Bonchev–Trinajstić information content (AvgIpc) is 2.77. The van der Waals surface area contributed by atoms with E-state index in [0.29, 0.717) is 24.0 Å². The average molecular weight is 338 g/mol. The van der Waals surface area contributed by atoms with Crippen molar-refractivity contribution in [1.82, 2.24) is 0 Å². The maximum atomic E-state index is 12.5. The topological polar surface area (TPSA) is 71.1 Å². The predicted octanol–water partition coefficient (Wildman–Crippen LogP) is 2.88. The third-order valence-corrected chi connectivity index (χ3v) is 4.62. The first-order valence-corrected chi connectivity index (χ1v) is 8.42. The van der Waals surface area contributed by atoms with Gasteiger partial charge in [-0.3, -0.25) is 0 Å². The van der Waals surface area contributed by atoms with Gasteiger partial charge in [0.2, 0.25) is 6.29 Å². The number of ether oxygens (including phenoxy) is 4. The van der Waals surface area contributed by atoms with Crippen molar-refractivity contribution >= 4 is 11.9 Å².